The number of aromatic amines is 1. The van der Waals surface area contributed by atoms with Crippen LogP contribution in [0.5, 0.6) is 0 Å². The van der Waals surface area contributed by atoms with E-state index < -0.39 is 0 Å². The van der Waals surface area contributed by atoms with Gasteiger partial charge >= 0.3 is 0 Å². The van der Waals surface area contributed by atoms with Gasteiger partial charge in [-0.25, -0.2) is 4.98 Å². The number of nitrogens with one attached hydrogen (secondary N) is 1. The van der Waals surface area contributed by atoms with Gasteiger partial charge in [-0.05, 0) is 38.8 Å². The topological polar surface area (TPSA) is 31.9 Å². The summed E-state index contributed by atoms with van der Waals surface area (Å²) in [6.07, 6.45) is 2.36. The van der Waals surface area contributed by atoms with Crippen LogP contribution in [0.3, 0.4) is 0 Å². The number of hydrogen-bond acceptors (Lipinski definition) is 2. The predicted octanol–water partition coefficient (Wildman–Crippen LogP) is 2.64. The Morgan fingerprint density at radius 1 is 1.44 bits per heavy atom. The normalized spacial score (nSPS) is 20.2. The molecule has 0 bridgehead atoms. The Balaban J connectivity index is 2.27. The van der Waals surface area contributed by atoms with E-state index in [0.29, 0.717) is 6.04 Å². The average Bonchev–Trinajstić information content (AvgIpc) is 2.63. The summed E-state index contributed by atoms with van der Waals surface area (Å²) in [6.45, 7) is 4.30. The number of rotatable bonds is 0. The third kappa shape index (κ3) is 1.24. The number of fused-ring (bicyclic) bond motifs is 3. The highest BCUT2D eigenvalue weighted by Crippen LogP contribution is 2.33. The second kappa shape index (κ2) is 3.24. The summed E-state index contributed by atoms with van der Waals surface area (Å²) >= 11 is 0. The van der Waals surface area contributed by atoms with Crippen molar-refractivity contribution in [3.63, 3.8) is 0 Å². The summed E-state index contributed by atoms with van der Waals surface area (Å²) in [5, 5.41) is 0. The lowest BCUT2D eigenvalue weighted by Crippen LogP contribution is -2.33. The maximum absolute atomic E-state index is 4.60. The largest absolute Gasteiger partial charge is 0.372 e. The molecule has 1 aliphatic heterocycles. The van der Waals surface area contributed by atoms with E-state index in [9.17, 15) is 0 Å². The van der Waals surface area contributed by atoms with Gasteiger partial charge in [-0.1, -0.05) is 0 Å². The molecule has 1 aliphatic rings. The van der Waals surface area contributed by atoms with Crippen LogP contribution in [-0.4, -0.2) is 23.1 Å². The number of hydrogen-bond donors (Lipinski definition) is 1. The minimum Gasteiger partial charge on any atom is -0.372 e. The van der Waals surface area contributed by atoms with Gasteiger partial charge < -0.3 is 9.88 Å². The zero-order chi connectivity index (χ0) is 11.3. The molecule has 1 aromatic carbocycles. The van der Waals surface area contributed by atoms with E-state index >= 15 is 0 Å². The van der Waals surface area contributed by atoms with Crippen LogP contribution in [-0.2, 0) is 6.42 Å². The molecule has 0 aliphatic carbocycles. The molecule has 0 radical (unpaired) electrons. The van der Waals surface area contributed by atoms with Crippen molar-refractivity contribution in [3.05, 3.63) is 23.5 Å². The number of anilines is 1. The summed E-state index contributed by atoms with van der Waals surface area (Å²) < 4.78 is 0. The van der Waals surface area contributed by atoms with E-state index in [1.807, 2.05) is 6.92 Å². The summed E-state index contributed by atoms with van der Waals surface area (Å²) in [4.78, 5) is 10.3. The highest BCUT2D eigenvalue weighted by atomic mass is 15.1. The van der Waals surface area contributed by atoms with E-state index in [4.69, 9.17) is 0 Å². The summed E-state index contributed by atoms with van der Waals surface area (Å²) in [6, 6.07) is 4.98. The van der Waals surface area contributed by atoms with Crippen LogP contribution in [0.2, 0.25) is 0 Å². The van der Waals surface area contributed by atoms with E-state index in [-0.39, 0.29) is 0 Å². The summed E-state index contributed by atoms with van der Waals surface area (Å²) in [5.41, 5.74) is 5.08. The molecule has 1 unspecified atom stereocenters. The van der Waals surface area contributed by atoms with Crippen LogP contribution in [0.4, 0.5) is 5.69 Å². The van der Waals surface area contributed by atoms with Crippen LogP contribution >= 0.6 is 0 Å². The lowest BCUT2D eigenvalue weighted by molar-refractivity contribution is 0.600. The highest BCUT2D eigenvalue weighted by Gasteiger charge is 2.22. The highest BCUT2D eigenvalue weighted by molar-refractivity contribution is 5.85. The van der Waals surface area contributed by atoms with Gasteiger partial charge in [-0.2, -0.15) is 0 Å². The fraction of sp³-hybridized carbons (Fsp3) is 0.462. The van der Waals surface area contributed by atoms with Crippen molar-refractivity contribution in [1.29, 1.82) is 0 Å². The second-order valence-corrected chi connectivity index (χ2v) is 4.78. The Bertz CT molecular complexity index is 541. The SMILES string of the molecule is Cc1nc2c3c(ccc2[nH]1)N(C)C(C)CC3. The van der Waals surface area contributed by atoms with E-state index in [0.717, 1.165) is 17.8 Å². The fourth-order valence-corrected chi connectivity index (χ4v) is 2.61. The molecule has 2 heterocycles. The molecule has 3 nitrogen and oxygen atoms in total. The molecule has 16 heavy (non-hydrogen) atoms. The first-order chi connectivity index (χ1) is 7.66. The number of nitrogens with zero attached hydrogens (tertiary/aromatic N) is 2. The van der Waals surface area contributed by atoms with Gasteiger partial charge in [0.25, 0.3) is 0 Å². The molecule has 1 atom stereocenters. The van der Waals surface area contributed by atoms with E-state index in [2.05, 4.69) is 41.0 Å². The van der Waals surface area contributed by atoms with Crippen LogP contribution in [0.15, 0.2) is 12.1 Å². The molecule has 3 heteroatoms. The van der Waals surface area contributed by atoms with Crippen molar-refractivity contribution in [2.24, 2.45) is 0 Å². The van der Waals surface area contributed by atoms with Crippen molar-refractivity contribution in [2.45, 2.75) is 32.7 Å². The van der Waals surface area contributed by atoms with Crippen LogP contribution in [0.1, 0.15) is 24.7 Å². The number of benzene rings is 1. The maximum atomic E-state index is 4.60. The van der Waals surface area contributed by atoms with Crippen LogP contribution < -0.4 is 4.90 Å². The summed E-state index contributed by atoms with van der Waals surface area (Å²) in [7, 11) is 2.17. The van der Waals surface area contributed by atoms with Gasteiger partial charge in [0.05, 0.1) is 11.0 Å². The number of imidazole rings is 1. The van der Waals surface area contributed by atoms with E-state index in [1.54, 1.807) is 0 Å². The molecule has 1 N–H and O–H groups in total. The third-order valence-electron chi connectivity index (χ3n) is 3.71. The van der Waals surface area contributed by atoms with E-state index in [1.165, 1.54) is 23.2 Å². The van der Waals surface area contributed by atoms with Crippen LogP contribution in [0.25, 0.3) is 11.0 Å². The Morgan fingerprint density at radius 3 is 3.06 bits per heavy atom. The molecule has 84 valence electrons. The molecule has 0 spiro atoms. The second-order valence-electron chi connectivity index (χ2n) is 4.78. The minimum atomic E-state index is 0.630. The molecule has 0 amide bonds. The first kappa shape index (κ1) is 9.70. The molecule has 2 aromatic rings. The molecule has 1 aromatic heterocycles. The van der Waals surface area contributed by atoms with Gasteiger partial charge in [0, 0.05) is 24.3 Å². The summed E-state index contributed by atoms with van der Waals surface area (Å²) in [5.74, 6) is 1.00. The first-order valence-corrected chi connectivity index (χ1v) is 5.88. The Morgan fingerprint density at radius 2 is 2.25 bits per heavy atom. The zero-order valence-corrected chi connectivity index (χ0v) is 10.0. The first-order valence-electron chi connectivity index (χ1n) is 5.88. The van der Waals surface area contributed by atoms with Crippen molar-refractivity contribution in [3.8, 4) is 0 Å². The van der Waals surface area contributed by atoms with Crippen molar-refractivity contribution >= 4 is 16.7 Å². The third-order valence-corrected chi connectivity index (χ3v) is 3.71. The van der Waals surface area contributed by atoms with Crippen molar-refractivity contribution < 1.29 is 0 Å². The van der Waals surface area contributed by atoms with Gasteiger partial charge in [0.2, 0.25) is 0 Å². The quantitative estimate of drug-likeness (QED) is 0.732. The smallest absolute Gasteiger partial charge is 0.104 e. The van der Waals surface area contributed by atoms with Gasteiger partial charge in [0.15, 0.2) is 0 Å². The zero-order valence-electron chi connectivity index (χ0n) is 10.0. The molecule has 0 saturated heterocycles. The lowest BCUT2D eigenvalue weighted by atomic mass is 9.96. The molecule has 3 rings (SSSR count). The monoisotopic (exact) mass is 215 g/mol. The number of aryl methyl sites for hydroxylation is 2. The van der Waals surface area contributed by atoms with Gasteiger partial charge in [-0.3, -0.25) is 0 Å². The standard InChI is InChI=1S/C13H17N3/c1-8-4-5-10-12(16(8)3)7-6-11-13(10)15-9(2)14-11/h6-8H,4-5H2,1-3H3,(H,14,15). The average molecular weight is 215 g/mol. The minimum absolute atomic E-state index is 0.630. The molecule has 0 fully saturated rings. The van der Waals surface area contributed by atoms with Gasteiger partial charge in [0.1, 0.15) is 5.82 Å². The predicted molar refractivity (Wildman–Crippen MR) is 67.0 cm³/mol. The van der Waals surface area contributed by atoms with Crippen molar-refractivity contribution in [1.82, 2.24) is 9.97 Å². The Labute approximate surface area is 95.5 Å². The van der Waals surface area contributed by atoms with Gasteiger partial charge in [-0.15, -0.1) is 0 Å². The van der Waals surface area contributed by atoms with Crippen molar-refractivity contribution in [2.75, 3.05) is 11.9 Å². The fourth-order valence-electron chi connectivity index (χ4n) is 2.61. The molecule has 0 saturated carbocycles. The lowest BCUT2D eigenvalue weighted by Gasteiger charge is -2.33. The van der Waals surface area contributed by atoms with Crippen LogP contribution in [0, 0.1) is 6.92 Å². The Kier molecular flexibility index (Phi) is 1.96. The maximum Gasteiger partial charge on any atom is 0.104 e. The molecular weight excluding hydrogens is 198 g/mol. The molecular formula is C13H17N3. The number of H-pyrrole nitrogens is 1. The Hall–Kier alpha value is -1.51. The number of aromatic nitrogens is 2.